The number of phenolic OH excluding ortho intramolecular Hbond substituents is 1. The summed E-state index contributed by atoms with van der Waals surface area (Å²) in [6, 6.07) is 6.01. The highest BCUT2D eigenvalue weighted by atomic mass is 16.6. The van der Waals surface area contributed by atoms with E-state index >= 15 is 0 Å². The van der Waals surface area contributed by atoms with Gasteiger partial charge >= 0.3 is 5.69 Å². The van der Waals surface area contributed by atoms with Gasteiger partial charge in [-0.2, -0.15) is 5.10 Å². The predicted octanol–water partition coefficient (Wildman–Crippen LogP) is 1.74. The summed E-state index contributed by atoms with van der Waals surface area (Å²) in [7, 11) is 0. The number of rotatable bonds is 5. The van der Waals surface area contributed by atoms with Crippen LogP contribution in [0.5, 0.6) is 17.2 Å². The van der Waals surface area contributed by atoms with E-state index in [9.17, 15) is 30.1 Å². The lowest BCUT2D eigenvalue weighted by Gasteiger charge is -2.18. The molecule has 2 N–H and O–H groups in total. The maximum atomic E-state index is 12.2. The molecule has 0 saturated heterocycles. The first-order chi connectivity index (χ1) is 13.4. The summed E-state index contributed by atoms with van der Waals surface area (Å²) in [6.45, 7) is 0.753. The van der Waals surface area contributed by atoms with Gasteiger partial charge in [-0.3, -0.25) is 25.0 Å². The number of carbonyl (C=O) groups is 1. The minimum absolute atomic E-state index is 0.204. The van der Waals surface area contributed by atoms with Crippen molar-refractivity contribution in [1.29, 1.82) is 0 Å². The SMILES string of the molecule is O=C(N/N=C\c1cc([N+](=O)[O-])cc([N+](=O)[O-])c1O)c1ccc2c(c1)OCCO2. The molecule has 1 heterocycles. The molecule has 0 aromatic heterocycles. The fraction of sp³-hybridized carbons (Fsp3) is 0.125. The van der Waals surface area contributed by atoms with Gasteiger partial charge in [-0.1, -0.05) is 0 Å². The first-order valence-electron chi connectivity index (χ1n) is 7.75. The molecule has 1 aliphatic heterocycles. The van der Waals surface area contributed by atoms with Crippen molar-refractivity contribution < 1.29 is 29.2 Å². The van der Waals surface area contributed by atoms with E-state index in [2.05, 4.69) is 10.5 Å². The van der Waals surface area contributed by atoms with Gasteiger partial charge in [-0.05, 0) is 18.2 Å². The highest BCUT2D eigenvalue weighted by Gasteiger charge is 2.23. The maximum Gasteiger partial charge on any atom is 0.318 e. The van der Waals surface area contributed by atoms with Crippen molar-refractivity contribution in [3.05, 3.63) is 61.7 Å². The Morgan fingerprint density at radius 1 is 1.11 bits per heavy atom. The largest absolute Gasteiger partial charge is 0.502 e. The molecule has 28 heavy (non-hydrogen) atoms. The average Bonchev–Trinajstić information content (AvgIpc) is 2.68. The first-order valence-corrected chi connectivity index (χ1v) is 7.75. The summed E-state index contributed by atoms with van der Waals surface area (Å²) in [4.78, 5) is 32.1. The molecule has 0 radical (unpaired) electrons. The van der Waals surface area contributed by atoms with Crippen molar-refractivity contribution in [2.75, 3.05) is 13.2 Å². The van der Waals surface area contributed by atoms with E-state index < -0.39 is 32.9 Å². The van der Waals surface area contributed by atoms with Crippen LogP contribution in [0, 0.1) is 20.2 Å². The third-order valence-corrected chi connectivity index (χ3v) is 3.69. The summed E-state index contributed by atoms with van der Waals surface area (Å²) >= 11 is 0. The Labute approximate surface area is 156 Å². The predicted molar refractivity (Wildman–Crippen MR) is 93.9 cm³/mol. The molecule has 3 rings (SSSR count). The van der Waals surface area contributed by atoms with E-state index in [4.69, 9.17) is 9.47 Å². The zero-order valence-corrected chi connectivity index (χ0v) is 14.0. The lowest BCUT2D eigenvalue weighted by molar-refractivity contribution is -0.394. The zero-order valence-electron chi connectivity index (χ0n) is 14.0. The third kappa shape index (κ3) is 3.80. The normalized spacial score (nSPS) is 12.6. The molecule has 0 fully saturated rings. The number of nitrogens with one attached hydrogen (secondary N) is 1. The molecule has 1 amide bonds. The Balaban J connectivity index is 1.79. The van der Waals surface area contributed by atoms with Crippen LogP contribution in [-0.4, -0.2) is 40.3 Å². The Morgan fingerprint density at radius 3 is 2.50 bits per heavy atom. The third-order valence-electron chi connectivity index (χ3n) is 3.69. The summed E-state index contributed by atoms with van der Waals surface area (Å²) in [5.41, 5.74) is 0.604. The van der Waals surface area contributed by atoms with Crippen LogP contribution in [-0.2, 0) is 0 Å². The summed E-state index contributed by atoms with van der Waals surface area (Å²) in [5, 5.41) is 35.3. The number of benzene rings is 2. The lowest BCUT2D eigenvalue weighted by Crippen LogP contribution is -2.19. The van der Waals surface area contributed by atoms with Crippen molar-refractivity contribution in [3.8, 4) is 17.2 Å². The minimum Gasteiger partial charge on any atom is -0.502 e. The van der Waals surface area contributed by atoms with E-state index in [1.165, 1.54) is 12.1 Å². The molecule has 0 aliphatic carbocycles. The van der Waals surface area contributed by atoms with Gasteiger partial charge in [0.25, 0.3) is 11.6 Å². The monoisotopic (exact) mass is 388 g/mol. The Morgan fingerprint density at radius 2 is 1.82 bits per heavy atom. The fourth-order valence-electron chi connectivity index (χ4n) is 2.38. The number of aromatic hydroxyl groups is 1. The number of nitro benzene ring substituents is 2. The number of fused-ring (bicyclic) bond motifs is 1. The number of hydrogen-bond acceptors (Lipinski definition) is 9. The van der Waals surface area contributed by atoms with E-state index in [0.29, 0.717) is 30.8 Å². The second-order valence-electron chi connectivity index (χ2n) is 5.47. The van der Waals surface area contributed by atoms with Crippen molar-refractivity contribution in [3.63, 3.8) is 0 Å². The van der Waals surface area contributed by atoms with Crippen LogP contribution in [0.25, 0.3) is 0 Å². The fourth-order valence-corrected chi connectivity index (χ4v) is 2.38. The van der Waals surface area contributed by atoms with Gasteiger partial charge in [0.05, 0.1) is 27.7 Å². The summed E-state index contributed by atoms with van der Waals surface area (Å²) in [6.07, 6.45) is 0.866. The number of amides is 1. The molecule has 144 valence electrons. The number of hydrazone groups is 1. The van der Waals surface area contributed by atoms with Gasteiger partial charge in [0.2, 0.25) is 5.75 Å². The van der Waals surface area contributed by atoms with Gasteiger partial charge in [0, 0.05) is 11.6 Å². The summed E-state index contributed by atoms with van der Waals surface area (Å²) < 4.78 is 10.7. The highest BCUT2D eigenvalue weighted by molar-refractivity contribution is 5.96. The van der Waals surface area contributed by atoms with Crippen LogP contribution in [0.4, 0.5) is 11.4 Å². The number of carbonyl (C=O) groups excluding carboxylic acids is 1. The second kappa shape index (κ2) is 7.57. The van der Waals surface area contributed by atoms with Crippen LogP contribution < -0.4 is 14.9 Å². The number of ether oxygens (including phenoxy) is 2. The van der Waals surface area contributed by atoms with Gasteiger partial charge in [-0.25, -0.2) is 5.43 Å². The molecule has 0 unspecified atom stereocenters. The standard InChI is InChI=1S/C16H12N4O8/c21-15-10(5-11(19(23)24)7-12(15)20(25)26)8-17-18-16(22)9-1-2-13-14(6-9)28-4-3-27-13/h1-2,5-8,21H,3-4H2,(H,18,22)/b17-8-. The van der Waals surface area contributed by atoms with Gasteiger partial charge in [0.1, 0.15) is 13.2 Å². The molecule has 2 aromatic carbocycles. The van der Waals surface area contributed by atoms with Crippen LogP contribution in [0.3, 0.4) is 0 Å². The first kappa shape index (κ1) is 18.6. The number of hydrogen-bond donors (Lipinski definition) is 2. The van der Waals surface area contributed by atoms with Gasteiger partial charge in [-0.15, -0.1) is 0 Å². The van der Waals surface area contributed by atoms with Crippen molar-refractivity contribution in [1.82, 2.24) is 5.43 Å². The zero-order chi connectivity index (χ0) is 20.3. The molecule has 0 spiro atoms. The smallest absolute Gasteiger partial charge is 0.318 e. The molecule has 12 heteroatoms. The molecular formula is C16H12N4O8. The van der Waals surface area contributed by atoms with Crippen molar-refractivity contribution in [2.45, 2.75) is 0 Å². The Hall–Kier alpha value is -4.22. The molecule has 0 bridgehead atoms. The number of nitrogens with zero attached hydrogens (tertiary/aromatic N) is 3. The van der Waals surface area contributed by atoms with Crippen LogP contribution >= 0.6 is 0 Å². The Bertz CT molecular complexity index is 1000. The lowest BCUT2D eigenvalue weighted by atomic mass is 10.1. The molecular weight excluding hydrogens is 376 g/mol. The van der Waals surface area contributed by atoms with E-state index in [1.807, 2.05) is 0 Å². The Kier molecular flexibility index (Phi) is 5.02. The van der Waals surface area contributed by atoms with Crippen LogP contribution in [0.15, 0.2) is 35.4 Å². The average molecular weight is 388 g/mol. The quantitative estimate of drug-likeness (QED) is 0.444. The van der Waals surface area contributed by atoms with Gasteiger partial charge in [0.15, 0.2) is 11.5 Å². The molecule has 2 aromatic rings. The topological polar surface area (TPSA) is 166 Å². The van der Waals surface area contributed by atoms with Gasteiger partial charge < -0.3 is 14.6 Å². The van der Waals surface area contributed by atoms with Crippen LogP contribution in [0.1, 0.15) is 15.9 Å². The maximum absolute atomic E-state index is 12.2. The molecule has 0 atom stereocenters. The second-order valence-corrected chi connectivity index (χ2v) is 5.47. The van der Waals surface area contributed by atoms with E-state index in [1.54, 1.807) is 6.07 Å². The number of phenols is 1. The van der Waals surface area contributed by atoms with Crippen molar-refractivity contribution >= 4 is 23.5 Å². The number of non-ortho nitro benzene ring substituents is 1. The van der Waals surface area contributed by atoms with Crippen molar-refractivity contribution in [2.24, 2.45) is 5.10 Å². The van der Waals surface area contributed by atoms with Crippen LogP contribution in [0.2, 0.25) is 0 Å². The van der Waals surface area contributed by atoms with E-state index in [0.717, 1.165) is 12.3 Å². The summed E-state index contributed by atoms with van der Waals surface area (Å²) in [5.74, 6) is -0.546. The number of nitro groups is 2. The minimum atomic E-state index is -0.965. The molecule has 0 saturated carbocycles. The molecule has 12 nitrogen and oxygen atoms in total. The molecule has 1 aliphatic rings. The van der Waals surface area contributed by atoms with E-state index in [-0.39, 0.29) is 11.1 Å². The highest BCUT2D eigenvalue weighted by Crippen LogP contribution is 2.33.